The molecule has 21 heavy (non-hydrogen) atoms. The summed E-state index contributed by atoms with van der Waals surface area (Å²) in [5, 5.41) is 3.55. The van der Waals surface area contributed by atoms with Crippen molar-refractivity contribution >= 4 is 0 Å². The van der Waals surface area contributed by atoms with Gasteiger partial charge in [-0.2, -0.15) is 0 Å². The highest BCUT2D eigenvalue weighted by molar-refractivity contribution is 4.69. The molecule has 0 aliphatic rings. The second kappa shape index (κ2) is 14.8. The molecule has 0 aromatic carbocycles. The van der Waals surface area contributed by atoms with E-state index in [4.69, 9.17) is 4.74 Å². The van der Waals surface area contributed by atoms with E-state index in [1.807, 2.05) is 6.92 Å². The topological polar surface area (TPSA) is 27.7 Å². The molecule has 1 unspecified atom stereocenters. The van der Waals surface area contributed by atoms with Crippen LogP contribution in [0.3, 0.4) is 0 Å². The Balaban J connectivity index is 3.73. The van der Waals surface area contributed by atoms with Crippen molar-refractivity contribution in [2.75, 3.05) is 59.0 Å². The first-order chi connectivity index (χ1) is 10.2. The number of rotatable bonds is 15. The number of hydrogen-bond acceptors (Lipinski definition) is 4. The zero-order valence-corrected chi connectivity index (χ0v) is 15.2. The quantitative estimate of drug-likeness (QED) is 0.470. The first kappa shape index (κ1) is 20.8. The maximum Gasteiger partial charge on any atom is 0.0477 e. The highest BCUT2D eigenvalue weighted by Gasteiger charge is 2.11. The van der Waals surface area contributed by atoms with E-state index in [1.165, 1.54) is 32.6 Å². The lowest BCUT2D eigenvalue weighted by atomic mass is 10.2. The normalized spacial score (nSPS) is 13.3. The predicted molar refractivity (Wildman–Crippen MR) is 93.1 cm³/mol. The van der Waals surface area contributed by atoms with Gasteiger partial charge in [0.1, 0.15) is 0 Å². The van der Waals surface area contributed by atoms with Gasteiger partial charge >= 0.3 is 0 Å². The van der Waals surface area contributed by atoms with Gasteiger partial charge in [-0.3, -0.25) is 4.90 Å². The van der Waals surface area contributed by atoms with Crippen LogP contribution in [0.5, 0.6) is 0 Å². The van der Waals surface area contributed by atoms with E-state index in [0.29, 0.717) is 6.04 Å². The highest BCUT2D eigenvalue weighted by Crippen LogP contribution is 2.01. The number of hydrogen-bond donors (Lipinski definition) is 1. The molecule has 0 aliphatic heterocycles. The minimum Gasteiger partial charge on any atom is -0.382 e. The van der Waals surface area contributed by atoms with Crippen LogP contribution in [0.4, 0.5) is 0 Å². The Morgan fingerprint density at radius 3 is 2.24 bits per heavy atom. The Morgan fingerprint density at radius 1 is 0.952 bits per heavy atom. The molecule has 0 aromatic heterocycles. The standard InChI is InChI=1S/C17H39N3O/c1-6-19(7-2)13-11-14-20(8-3)17(5)16-18-12-10-15-21-9-4/h17-18H,6-16H2,1-5H3. The Labute approximate surface area is 133 Å². The Hall–Kier alpha value is -0.160. The van der Waals surface area contributed by atoms with Crippen molar-refractivity contribution in [1.29, 1.82) is 0 Å². The molecule has 4 heteroatoms. The summed E-state index contributed by atoms with van der Waals surface area (Å²) in [5.74, 6) is 0. The fraction of sp³-hybridized carbons (Fsp3) is 1.00. The third kappa shape index (κ3) is 11.1. The lowest BCUT2D eigenvalue weighted by Crippen LogP contribution is -2.42. The summed E-state index contributed by atoms with van der Waals surface area (Å²) in [5.41, 5.74) is 0. The van der Waals surface area contributed by atoms with Gasteiger partial charge in [0, 0.05) is 25.8 Å². The molecule has 1 atom stereocenters. The average molecular weight is 302 g/mol. The number of nitrogens with one attached hydrogen (secondary N) is 1. The van der Waals surface area contributed by atoms with Gasteiger partial charge in [-0.25, -0.2) is 0 Å². The van der Waals surface area contributed by atoms with Crippen LogP contribution in [0.2, 0.25) is 0 Å². The maximum atomic E-state index is 5.35. The monoisotopic (exact) mass is 301 g/mol. The largest absolute Gasteiger partial charge is 0.382 e. The summed E-state index contributed by atoms with van der Waals surface area (Å²) in [6.45, 7) is 20.9. The fourth-order valence-electron chi connectivity index (χ4n) is 2.61. The van der Waals surface area contributed by atoms with Gasteiger partial charge in [-0.15, -0.1) is 0 Å². The van der Waals surface area contributed by atoms with Crippen LogP contribution in [0.25, 0.3) is 0 Å². The van der Waals surface area contributed by atoms with E-state index >= 15 is 0 Å². The van der Waals surface area contributed by atoms with E-state index in [0.717, 1.165) is 39.3 Å². The molecular weight excluding hydrogens is 262 g/mol. The molecule has 1 N–H and O–H groups in total. The van der Waals surface area contributed by atoms with Gasteiger partial charge < -0.3 is 15.0 Å². The Morgan fingerprint density at radius 2 is 1.67 bits per heavy atom. The first-order valence-corrected chi connectivity index (χ1v) is 8.94. The minimum atomic E-state index is 0.610. The second-order valence-electron chi connectivity index (χ2n) is 5.61. The van der Waals surface area contributed by atoms with Gasteiger partial charge in [-0.1, -0.05) is 20.8 Å². The number of likely N-dealkylation sites (N-methyl/N-ethyl adjacent to an activating group) is 1. The summed E-state index contributed by atoms with van der Waals surface area (Å²) >= 11 is 0. The lowest BCUT2D eigenvalue weighted by molar-refractivity contribution is 0.143. The van der Waals surface area contributed by atoms with Gasteiger partial charge in [0.2, 0.25) is 0 Å². The molecule has 0 spiro atoms. The molecule has 0 rings (SSSR count). The van der Waals surface area contributed by atoms with E-state index < -0.39 is 0 Å². The van der Waals surface area contributed by atoms with Crippen molar-refractivity contribution < 1.29 is 4.74 Å². The van der Waals surface area contributed by atoms with Crippen molar-refractivity contribution in [3.05, 3.63) is 0 Å². The van der Waals surface area contributed by atoms with Crippen molar-refractivity contribution in [3.8, 4) is 0 Å². The van der Waals surface area contributed by atoms with Gasteiger partial charge in [0.15, 0.2) is 0 Å². The Bertz CT molecular complexity index is 210. The summed E-state index contributed by atoms with van der Waals surface area (Å²) in [4.78, 5) is 5.09. The second-order valence-corrected chi connectivity index (χ2v) is 5.61. The molecule has 0 amide bonds. The van der Waals surface area contributed by atoms with Crippen LogP contribution in [0.15, 0.2) is 0 Å². The van der Waals surface area contributed by atoms with Gasteiger partial charge in [0.25, 0.3) is 0 Å². The van der Waals surface area contributed by atoms with Crippen molar-refractivity contribution in [2.45, 2.75) is 53.5 Å². The molecule has 0 saturated heterocycles. The number of ether oxygens (including phenoxy) is 1. The summed E-state index contributed by atoms with van der Waals surface area (Å²) in [6, 6.07) is 0.610. The molecule has 0 radical (unpaired) electrons. The van der Waals surface area contributed by atoms with Crippen LogP contribution >= 0.6 is 0 Å². The molecular formula is C17H39N3O. The van der Waals surface area contributed by atoms with Crippen molar-refractivity contribution in [3.63, 3.8) is 0 Å². The SMILES string of the molecule is CCOCCCNCC(C)N(CC)CCCN(CC)CC. The van der Waals surface area contributed by atoms with E-state index in [9.17, 15) is 0 Å². The smallest absolute Gasteiger partial charge is 0.0477 e. The van der Waals surface area contributed by atoms with E-state index in [-0.39, 0.29) is 0 Å². The lowest BCUT2D eigenvalue weighted by Gasteiger charge is -2.29. The zero-order chi connectivity index (χ0) is 15.9. The number of nitrogens with zero attached hydrogens (tertiary/aromatic N) is 2. The van der Waals surface area contributed by atoms with Crippen LogP contribution in [0.1, 0.15) is 47.5 Å². The van der Waals surface area contributed by atoms with Crippen LogP contribution in [0, 0.1) is 0 Å². The van der Waals surface area contributed by atoms with Gasteiger partial charge in [-0.05, 0) is 66.0 Å². The third-order valence-corrected chi connectivity index (χ3v) is 4.13. The first-order valence-electron chi connectivity index (χ1n) is 8.94. The van der Waals surface area contributed by atoms with E-state index in [1.54, 1.807) is 0 Å². The summed E-state index contributed by atoms with van der Waals surface area (Å²) in [7, 11) is 0. The summed E-state index contributed by atoms with van der Waals surface area (Å²) in [6.07, 6.45) is 2.37. The molecule has 0 saturated carbocycles. The molecule has 4 nitrogen and oxygen atoms in total. The van der Waals surface area contributed by atoms with Gasteiger partial charge in [0.05, 0.1) is 0 Å². The molecule has 0 aromatic rings. The highest BCUT2D eigenvalue weighted by atomic mass is 16.5. The molecule has 0 fully saturated rings. The van der Waals surface area contributed by atoms with Crippen molar-refractivity contribution in [1.82, 2.24) is 15.1 Å². The predicted octanol–water partition coefficient (Wildman–Crippen LogP) is 2.44. The fourth-order valence-corrected chi connectivity index (χ4v) is 2.61. The van der Waals surface area contributed by atoms with Crippen LogP contribution < -0.4 is 5.32 Å². The molecule has 0 bridgehead atoms. The average Bonchev–Trinajstić information content (AvgIpc) is 2.51. The molecule has 0 aliphatic carbocycles. The molecule has 128 valence electrons. The minimum absolute atomic E-state index is 0.610. The summed E-state index contributed by atoms with van der Waals surface area (Å²) < 4.78 is 5.35. The van der Waals surface area contributed by atoms with Crippen molar-refractivity contribution in [2.24, 2.45) is 0 Å². The third-order valence-electron chi connectivity index (χ3n) is 4.13. The maximum absolute atomic E-state index is 5.35. The van der Waals surface area contributed by atoms with Crippen LogP contribution in [-0.2, 0) is 4.74 Å². The van der Waals surface area contributed by atoms with E-state index in [2.05, 4.69) is 42.8 Å². The molecule has 0 heterocycles. The van der Waals surface area contributed by atoms with Crippen LogP contribution in [-0.4, -0.2) is 74.9 Å². The zero-order valence-electron chi connectivity index (χ0n) is 15.2. The Kier molecular flexibility index (Phi) is 14.7.